The van der Waals surface area contributed by atoms with Crippen LogP contribution in [0.15, 0.2) is 18.2 Å². The van der Waals surface area contributed by atoms with Gasteiger partial charge in [-0.25, -0.2) is 0 Å². The highest BCUT2D eigenvalue weighted by Gasteiger charge is 2.23. The molecule has 5 nitrogen and oxygen atoms in total. The lowest BCUT2D eigenvalue weighted by Crippen LogP contribution is -1.91. The van der Waals surface area contributed by atoms with E-state index in [1.54, 1.807) is 19.1 Å². The van der Waals surface area contributed by atoms with Crippen LogP contribution >= 0.6 is 22.9 Å². The molecule has 21 heavy (non-hydrogen) atoms. The van der Waals surface area contributed by atoms with Crippen molar-refractivity contribution in [1.82, 2.24) is 0 Å². The number of hydrogen-bond donors (Lipinski definition) is 1. The molecule has 2 aromatic rings. The first-order chi connectivity index (χ1) is 9.79. The van der Waals surface area contributed by atoms with Crippen LogP contribution in [0.2, 0.25) is 5.02 Å². The van der Waals surface area contributed by atoms with Gasteiger partial charge in [-0.1, -0.05) is 22.9 Å². The summed E-state index contributed by atoms with van der Waals surface area (Å²) in [6, 6.07) is 4.78. The Hall–Kier alpha value is -1.63. The van der Waals surface area contributed by atoms with Gasteiger partial charge in [0.25, 0.3) is 5.06 Å². The number of benzene rings is 1. The van der Waals surface area contributed by atoms with Crippen molar-refractivity contribution in [2.45, 2.75) is 26.9 Å². The van der Waals surface area contributed by atoms with Crippen LogP contribution in [0.3, 0.4) is 0 Å². The monoisotopic (exact) mass is 327 g/mol. The van der Waals surface area contributed by atoms with Crippen LogP contribution in [0.25, 0.3) is 0 Å². The summed E-state index contributed by atoms with van der Waals surface area (Å²) < 4.78 is 5.63. The van der Waals surface area contributed by atoms with E-state index in [-0.39, 0.29) is 10.8 Å². The van der Waals surface area contributed by atoms with Gasteiger partial charge in [-0.2, -0.15) is 0 Å². The number of aliphatic hydroxyl groups excluding tert-OH is 1. The molecule has 0 fully saturated rings. The number of nitro groups is 1. The van der Waals surface area contributed by atoms with Crippen LogP contribution < -0.4 is 4.74 Å². The van der Waals surface area contributed by atoms with Crippen molar-refractivity contribution in [2.24, 2.45) is 0 Å². The average Bonchev–Trinajstić information content (AvgIpc) is 2.80. The Labute approximate surface area is 130 Å². The molecule has 1 N–H and O–H groups in total. The lowest BCUT2D eigenvalue weighted by atomic mass is 10.1. The maximum Gasteiger partial charge on any atom is 0.323 e. The summed E-state index contributed by atoms with van der Waals surface area (Å²) in [7, 11) is 0. The highest BCUT2D eigenvalue weighted by atomic mass is 35.5. The number of nitrogens with zero attached hydrogens (tertiary/aromatic N) is 1. The van der Waals surface area contributed by atoms with Gasteiger partial charge < -0.3 is 9.84 Å². The molecule has 0 saturated carbocycles. The zero-order valence-electron chi connectivity index (χ0n) is 11.7. The smallest absolute Gasteiger partial charge is 0.323 e. The molecule has 1 atom stereocenters. The fourth-order valence-corrected chi connectivity index (χ4v) is 2.90. The second-order valence-electron chi connectivity index (χ2n) is 4.73. The third-order valence-electron chi connectivity index (χ3n) is 2.93. The van der Waals surface area contributed by atoms with Gasteiger partial charge >= 0.3 is 5.69 Å². The second-order valence-corrected chi connectivity index (χ2v) is 6.15. The molecule has 0 aliphatic heterocycles. The number of aliphatic hydroxyl groups is 1. The SMILES string of the molecule is Cc1cc(Oc2sc(C(C)O)cc2[N+](=O)[O-])cc(C)c1Cl. The third-order valence-corrected chi connectivity index (χ3v) is 4.70. The molecule has 0 spiro atoms. The second kappa shape index (κ2) is 6.01. The van der Waals surface area contributed by atoms with Crippen molar-refractivity contribution in [3.63, 3.8) is 0 Å². The van der Waals surface area contributed by atoms with Crippen LogP contribution in [-0.4, -0.2) is 10.0 Å². The minimum Gasteiger partial charge on any atom is -0.440 e. The summed E-state index contributed by atoms with van der Waals surface area (Å²) in [6.45, 7) is 5.23. The zero-order valence-corrected chi connectivity index (χ0v) is 13.3. The van der Waals surface area contributed by atoms with Gasteiger partial charge in [0.05, 0.1) is 11.0 Å². The van der Waals surface area contributed by atoms with E-state index in [0.717, 1.165) is 22.5 Å². The molecule has 7 heteroatoms. The topological polar surface area (TPSA) is 72.6 Å². The Morgan fingerprint density at radius 2 is 1.90 bits per heavy atom. The number of thiophene rings is 1. The van der Waals surface area contributed by atoms with Crippen molar-refractivity contribution in [2.75, 3.05) is 0 Å². The molecule has 0 amide bonds. The highest BCUT2D eigenvalue weighted by Crippen LogP contribution is 2.42. The Morgan fingerprint density at radius 1 is 1.33 bits per heavy atom. The summed E-state index contributed by atoms with van der Waals surface area (Å²) in [5, 5.41) is 21.4. The summed E-state index contributed by atoms with van der Waals surface area (Å²) >= 11 is 7.15. The molecule has 1 heterocycles. The van der Waals surface area contributed by atoms with E-state index in [9.17, 15) is 15.2 Å². The first-order valence-corrected chi connectivity index (χ1v) is 7.39. The van der Waals surface area contributed by atoms with E-state index in [4.69, 9.17) is 16.3 Å². The standard InChI is InChI=1S/C14H14ClNO4S/c1-7-4-10(5-8(2)13(7)15)20-14-11(16(18)19)6-12(21-14)9(3)17/h4-6,9,17H,1-3H3. The average molecular weight is 328 g/mol. The molecule has 112 valence electrons. The van der Waals surface area contributed by atoms with E-state index in [1.807, 2.05) is 13.8 Å². The number of aryl methyl sites for hydroxylation is 2. The first-order valence-electron chi connectivity index (χ1n) is 6.20. The molecule has 0 aliphatic carbocycles. The molecule has 1 aromatic carbocycles. The summed E-state index contributed by atoms with van der Waals surface area (Å²) in [5.74, 6) is 0.483. The lowest BCUT2D eigenvalue weighted by molar-refractivity contribution is -0.385. The highest BCUT2D eigenvalue weighted by molar-refractivity contribution is 7.14. The molecule has 0 saturated heterocycles. The molecule has 1 unspecified atom stereocenters. The fourth-order valence-electron chi connectivity index (χ4n) is 1.86. The third kappa shape index (κ3) is 3.34. The maximum atomic E-state index is 11.1. The molecular formula is C14H14ClNO4S. The molecule has 0 radical (unpaired) electrons. The van der Waals surface area contributed by atoms with Gasteiger partial charge in [-0.15, -0.1) is 0 Å². The van der Waals surface area contributed by atoms with Gasteiger partial charge in [-0.05, 0) is 44.0 Å². The van der Waals surface area contributed by atoms with Crippen molar-refractivity contribution >= 4 is 28.6 Å². The van der Waals surface area contributed by atoms with Crippen LogP contribution in [-0.2, 0) is 0 Å². The van der Waals surface area contributed by atoms with Crippen molar-refractivity contribution in [3.05, 3.63) is 49.3 Å². The number of hydrogen-bond acceptors (Lipinski definition) is 5. The first kappa shape index (κ1) is 15.8. The number of rotatable bonds is 4. The molecule has 0 bridgehead atoms. The van der Waals surface area contributed by atoms with Gasteiger partial charge in [0.1, 0.15) is 5.75 Å². The predicted molar refractivity (Wildman–Crippen MR) is 82.6 cm³/mol. The Morgan fingerprint density at radius 3 is 2.38 bits per heavy atom. The zero-order chi connectivity index (χ0) is 15.7. The minimum absolute atomic E-state index is 0.150. The van der Waals surface area contributed by atoms with Crippen molar-refractivity contribution in [3.8, 4) is 10.8 Å². The van der Waals surface area contributed by atoms with Crippen LogP contribution in [0.1, 0.15) is 29.0 Å². The van der Waals surface area contributed by atoms with Crippen molar-refractivity contribution in [1.29, 1.82) is 0 Å². The van der Waals surface area contributed by atoms with Gasteiger partial charge in [0.15, 0.2) is 0 Å². The van der Waals surface area contributed by atoms with E-state index in [0.29, 0.717) is 15.6 Å². The van der Waals surface area contributed by atoms with E-state index in [1.165, 1.54) is 6.07 Å². The van der Waals surface area contributed by atoms with E-state index >= 15 is 0 Å². The fraction of sp³-hybridized carbons (Fsp3) is 0.286. The van der Waals surface area contributed by atoms with E-state index < -0.39 is 11.0 Å². The largest absolute Gasteiger partial charge is 0.440 e. The van der Waals surface area contributed by atoms with Gasteiger partial charge in [0, 0.05) is 16.0 Å². The predicted octanol–water partition coefficient (Wildman–Crippen LogP) is 4.77. The number of ether oxygens (including phenoxy) is 1. The summed E-state index contributed by atoms with van der Waals surface area (Å²) in [4.78, 5) is 11.0. The van der Waals surface area contributed by atoms with Crippen molar-refractivity contribution < 1.29 is 14.8 Å². The van der Waals surface area contributed by atoms with Crippen LogP contribution in [0.5, 0.6) is 10.8 Å². The molecule has 2 rings (SSSR count). The Balaban J connectivity index is 2.41. The van der Waals surface area contributed by atoms with E-state index in [2.05, 4.69) is 0 Å². The quantitative estimate of drug-likeness (QED) is 0.648. The van der Waals surface area contributed by atoms with Crippen LogP contribution in [0.4, 0.5) is 5.69 Å². The summed E-state index contributed by atoms with van der Waals surface area (Å²) in [6.07, 6.45) is -0.778. The lowest BCUT2D eigenvalue weighted by Gasteiger charge is -2.08. The molecular weight excluding hydrogens is 314 g/mol. The number of halogens is 1. The van der Waals surface area contributed by atoms with Gasteiger partial charge in [-0.3, -0.25) is 10.1 Å². The Kier molecular flexibility index (Phi) is 4.51. The normalized spacial score (nSPS) is 12.2. The molecule has 0 aliphatic rings. The maximum absolute atomic E-state index is 11.1. The summed E-state index contributed by atoms with van der Waals surface area (Å²) in [5.41, 5.74) is 1.52. The van der Waals surface area contributed by atoms with Gasteiger partial charge in [0.2, 0.25) is 0 Å². The van der Waals surface area contributed by atoms with Crippen LogP contribution in [0, 0.1) is 24.0 Å². The molecule has 1 aromatic heterocycles. The Bertz CT molecular complexity index is 673. The minimum atomic E-state index is -0.778.